The average Bonchev–Trinajstić information content (AvgIpc) is 2.36. The summed E-state index contributed by atoms with van der Waals surface area (Å²) < 4.78 is 10.2. The van der Waals surface area contributed by atoms with Gasteiger partial charge in [-0.25, -0.2) is 4.79 Å². The lowest BCUT2D eigenvalue weighted by Crippen LogP contribution is -2.29. The number of hydrogen-bond donors (Lipinski definition) is 2. The fraction of sp³-hybridized carbons (Fsp3) is 0.429. The van der Waals surface area contributed by atoms with Crippen molar-refractivity contribution in [3.05, 3.63) is 24.3 Å². The molecule has 0 fully saturated rings. The number of hydrogen-bond acceptors (Lipinski definition) is 4. The normalized spacial score (nSPS) is 10.9. The van der Waals surface area contributed by atoms with E-state index in [1.54, 1.807) is 31.4 Å². The van der Waals surface area contributed by atoms with E-state index in [1.165, 1.54) is 0 Å². The topological polar surface area (TPSA) is 84.9 Å². The van der Waals surface area contributed by atoms with Crippen LogP contribution < -0.4 is 10.1 Å². The zero-order valence-corrected chi connectivity index (χ0v) is 11.8. The van der Waals surface area contributed by atoms with Crippen LogP contribution in [0.1, 0.15) is 20.3 Å². The summed E-state index contributed by atoms with van der Waals surface area (Å²) in [5.74, 6) is -0.857. The summed E-state index contributed by atoms with van der Waals surface area (Å²) >= 11 is 0. The minimum Gasteiger partial charge on any atom is -0.482 e. The van der Waals surface area contributed by atoms with Gasteiger partial charge in [-0.2, -0.15) is 0 Å². The second kappa shape index (κ2) is 6.91. The van der Waals surface area contributed by atoms with Gasteiger partial charge in [0.05, 0.1) is 12.0 Å². The molecule has 0 radical (unpaired) electrons. The monoisotopic (exact) mass is 281 g/mol. The fourth-order valence-corrected chi connectivity index (χ4v) is 1.47. The number of carbonyl (C=O) groups is 2. The maximum absolute atomic E-state index is 11.8. The molecule has 2 N–H and O–H groups in total. The number of aliphatic carboxylic acids is 1. The van der Waals surface area contributed by atoms with Crippen LogP contribution in [0.4, 0.5) is 5.69 Å². The molecule has 0 atom stereocenters. The summed E-state index contributed by atoms with van der Waals surface area (Å²) in [5, 5.41) is 11.2. The number of amides is 1. The van der Waals surface area contributed by atoms with Crippen LogP contribution in [0.15, 0.2) is 24.3 Å². The number of nitrogens with one attached hydrogen (secondary N) is 1. The van der Waals surface area contributed by atoms with E-state index in [0.29, 0.717) is 11.4 Å². The molecule has 0 bridgehead atoms. The Morgan fingerprint density at radius 3 is 2.65 bits per heavy atom. The van der Waals surface area contributed by atoms with Crippen molar-refractivity contribution < 1.29 is 24.2 Å². The van der Waals surface area contributed by atoms with Crippen molar-refractivity contribution in [2.75, 3.05) is 19.0 Å². The van der Waals surface area contributed by atoms with Gasteiger partial charge in [0.2, 0.25) is 5.91 Å². The summed E-state index contributed by atoms with van der Waals surface area (Å²) in [7, 11) is 1.55. The van der Waals surface area contributed by atoms with Crippen LogP contribution >= 0.6 is 0 Å². The second-order valence-corrected chi connectivity index (χ2v) is 4.90. The minimum atomic E-state index is -1.05. The summed E-state index contributed by atoms with van der Waals surface area (Å²) in [5.41, 5.74) is 0.00593. The van der Waals surface area contributed by atoms with E-state index in [-0.39, 0.29) is 12.3 Å². The van der Waals surface area contributed by atoms with Crippen molar-refractivity contribution >= 4 is 17.6 Å². The highest BCUT2D eigenvalue weighted by atomic mass is 16.5. The van der Waals surface area contributed by atoms with Gasteiger partial charge < -0.3 is 19.9 Å². The first kappa shape index (κ1) is 16.0. The largest absolute Gasteiger partial charge is 0.482 e. The number of carboxylic acid groups (broad SMARTS) is 1. The maximum atomic E-state index is 11.8. The standard InChI is InChI=1S/C14H19NO5/c1-14(2,19-3)8-12(16)15-10-5-4-6-11(7-10)20-9-13(17)18/h4-7H,8-9H2,1-3H3,(H,15,16)(H,17,18). The van der Waals surface area contributed by atoms with E-state index in [0.717, 1.165) is 0 Å². The molecular formula is C14H19NO5. The Labute approximate surface area is 117 Å². The van der Waals surface area contributed by atoms with Crippen molar-refractivity contribution in [1.29, 1.82) is 0 Å². The van der Waals surface area contributed by atoms with Crippen LogP contribution in [0, 0.1) is 0 Å². The first-order chi connectivity index (χ1) is 9.32. The lowest BCUT2D eigenvalue weighted by Gasteiger charge is -2.21. The van der Waals surface area contributed by atoms with Crippen molar-refractivity contribution in [1.82, 2.24) is 0 Å². The van der Waals surface area contributed by atoms with E-state index >= 15 is 0 Å². The highest BCUT2D eigenvalue weighted by molar-refractivity contribution is 5.91. The van der Waals surface area contributed by atoms with Gasteiger partial charge in [-0.05, 0) is 26.0 Å². The molecule has 0 aromatic heterocycles. The van der Waals surface area contributed by atoms with Crippen molar-refractivity contribution in [3.8, 4) is 5.75 Å². The third kappa shape index (κ3) is 5.71. The first-order valence-corrected chi connectivity index (χ1v) is 6.12. The van der Waals surface area contributed by atoms with Crippen LogP contribution in [-0.4, -0.2) is 36.3 Å². The third-order valence-electron chi connectivity index (χ3n) is 2.62. The van der Waals surface area contributed by atoms with Gasteiger partial charge in [0.15, 0.2) is 6.61 Å². The first-order valence-electron chi connectivity index (χ1n) is 6.12. The highest BCUT2D eigenvalue weighted by Gasteiger charge is 2.21. The number of ether oxygens (including phenoxy) is 2. The second-order valence-electron chi connectivity index (χ2n) is 4.90. The van der Waals surface area contributed by atoms with Crippen molar-refractivity contribution in [2.24, 2.45) is 0 Å². The zero-order chi connectivity index (χ0) is 15.2. The smallest absolute Gasteiger partial charge is 0.341 e. The van der Waals surface area contributed by atoms with Crippen LogP contribution in [-0.2, 0) is 14.3 Å². The molecule has 0 aliphatic carbocycles. The Bertz CT molecular complexity index is 484. The van der Waals surface area contributed by atoms with E-state index in [9.17, 15) is 9.59 Å². The molecule has 0 aliphatic heterocycles. The Hall–Kier alpha value is -2.08. The Balaban J connectivity index is 2.61. The van der Waals surface area contributed by atoms with E-state index in [2.05, 4.69) is 5.32 Å². The van der Waals surface area contributed by atoms with E-state index in [4.69, 9.17) is 14.6 Å². The number of anilines is 1. The van der Waals surface area contributed by atoms with Crippen molar-refractivity contribution in [2.45, 2.75) is 25.9 Å². The number of rotatable bonds is 7. The average molecular weight is 281 g/mol. The Morgan fingerprint density at radius 2 is 2.05 bits per heavy atom. The fourth-order valence-electron chi connectivity index (χ4n) is 1.47. The minimum absolute atomic E-state index is 0.188. The summed E-state index contributed by atoms with van der Waals surface area (Å²) in [6.07, 6.45) is 0.212. The molecule has 0 saturated heterocycles. The molecule has 110 valence electrons. The number of benzene rings is 1. The lowest BCUT2D eigenvalue weighted by molar-refractivity contribution is -0.139. The lowest BCUT2D eigenvalue weighted by atomic mass is 10.0. The summed E-state index contributed by atoms with van der Waals surface area (Å²) in [6.45, 7) is 3.21. The Morgan fingerprint density at radius 1 is 1.35 bits per heavy atom. The molecule has 6 nitrogen and oxygen atoms in total. The molecule has 1 amide bonds. The predicted octanol–water partition coefficient (Wildman–Crippen LogP) is 1.90. The SMILES string of the molecule is COC(C)(C)CC(=O)Nc1cccc(OCC(=O)O)c1. The molecule has 0 saturated carbocycles. The quantitative estimate of drug-likeness (QED) is 0.797. The van der Waals surface area contributed by atoms with Crippen LogP contribution in [0.3, 0.4) is 0 Å². The van der Waals surface area contributed by atoms with Gasteiger partial charge in [-0.15, -0.1) is 0 Å². The highest BCUT2D eigenvalue weighted by Crippen LogP contribution is 2.19. The van der Waals surface area contributed by atoms with E-state index < -0.39 is 18.2 Å². The van der Waals surface area contributed by atoms with Gasteiger partial charge >= 0.3 is 5.97 Å². The zero-order valence-electron chi connectivity index (χ0n) is 11.8. The Kier molecular flexibility index (Phi) is 5.52. The maximum Gasteiger partial charge on any atom is 0.341 e. The van der Waals surface area contributed by atoms with Gasteiger partial charge in [0, 0.05) is 18.9 Å². The molecule has 6 heteroatoms. The van der Waals surface area contributed by atoms with Gasteiger partial charge in [0.25, 0.3) is 0 Å². The molecule has 1 rings (SSSR count). The number of carboxylic acids is 1. The molecular weight excluding hydrogens is 262 g/mol. The van der Waals surface area contributed by atoms with Gasteiger partial charge in [-0.3, -0.25) is 4.79 Å². The predicted molar refractivity (Wildman–Crippen MR) is 73.9 cm³/mol. The van der Waals surface area contributed by atoms with Crippen LogP contribution in [0.25, 0.3) is 0 Å². The molecule has 0 aliphatic rings. The van der Waals surface area contributed by atoms with Gasteiger partial charge in [0.1, 0.15) is 5.75 Å². The van der Waals surface area contributed by atoms with Gasteiger partial charge in [-0.1, -0.05) is 6.07 Å². The molecule has 0 unspecified atom stereocenters. The molecule has 1 aromatic carbocycles. The summed E-state index contributed by atoms with van der Waals surface area (Å²) in [4.78, 5) is 22.3. The summed E-state index contributed by atoms with van der Waals surface area (Å²) in [6, 6.07) is 6.57. The van der Waals surface area contributed by atoms with Crippen LogP contribution in [0.2, 0.25) is 0 Å². The van der Waals surface area contributed by atoms with Crippen LogP contribution in [0.5, 0.6) is 5.75 Å². The van der Waals surface area contributed by atoms with Crippen molar-refractivity contribution in [3.63, 3.8) is 0 Å². The molecule has 20 heavy (non-hydrogen) atoms. The third-order valence-corrected chi connectivity index (χ3v) is 2.62. The number of methoxy groups -OCH3 is 1. The number of carbonyl (C=O) groups excluding carboxylic acids is 1. The molecule has 0 spiro atoms. The van der Waals surface area contributed by atoms with E-state index in [1.807, 2.05) is 13.8 Å². The molecule has 0 heterocycles. The molecule has 1 aromatic rings.